The molecule has 0 aliphatic rings. The van der Waals surface area contributed by atoms with E-state index in [0.29, 0.717) is 25.9 Å². The topological polar surface area (TPSA) is 82.5 Å². The molecule has 0 aliphatic heterocycles. The Bertz CT molecular complexity index is 409. The highest BCUT2D eigenvalue weighted by molar-refractivity contribution is 5.73. The molecule has 2 N–H and O–H groups in total. The smallest absolute Gasteiger partial charge is 0.317 e. The lowest BCUT2D eigenvalue weighted by Crippen LogP contribution is -2.38. The van der Waals surface area contributed by atoms with Crippen LogP contribution in [0.2, 0.25) is 0 Å². The van der Waals surface area contributed by atoms with Crippen molar-refractivity contribution < 1.29 is 14.7 Å². The number of urea groups is 1. The third-order valence-electron chi connectivity index (χ3n) is 2.62. The lowest BCUT2D eigenvalue weighted by molar-refractivity contribution is -0.137. The quantitative estimate of drug-likeness (QED) is 0.724. The number of likely N-dealkylation sites (N-methyl/N-ethyl adjacent to an activating group) is 1. The summed E-state index contributed by atoms with van der Waals surface area (Å²) in [5.74, 6) is -0.849. The first-order valence-electron chi connectivity index (χ1n) is 6.20. The molecule has 19 heavy (non-hydrogen) atoms. The van der Waals surface area contributed by atoms with Crippen LogP contribution in [-0.2, 0) is 11.2 Å². The van der Waals surface area contributed by atoms with E-state index in [1.54, 1.807) is 18.1 Å². The number of pyridine rings is 1. The number of carboxylic acids is 1. The number of hydrogen-bond donors (Lipinski definition) is 2. The summed E-state index contributed by atoms with van der Waals surface area (Å²) in [5, 5.41) is 11.1. The molecule has 2 amide bonds. The first kappa shape index (κ1) is 14.9. The molecule has 1 aromatic heterocycles. The van der Waals surface area contributed by atoms with Crippen LogP contribution >= 0.6 is 0 Å². The molecule has 6 heteroatoms. The summed E-state index contributed by atoms with van der Waals surface area (Å²) in [6.45, 7) is 0.945. The van der Waals surface area contributed by atoms with Crippen LogP contribution in [-0.4, -0.2) is 47.1 Å². The van der Waals surface area contributed by atoms with Crippen LogP contribution in [0.5, 0.6) is 0 Å². The van der Waals surface area contributed by atoms with Gasteiger partial charge < -0.3 is 15.3 Å². The predicted molar refractivity (Wildman–Crippen MR) is 70.8 cm³/mol. The van der Waals surface area contributed by atoms with Crippen LogP contribution < -0.4 is 5.32 Å². The minimum absolute atomic E-state index is 0.0674. The Balaban J connectivity index is 2.20. The van der Waals surface area contributed by atoms with Crippen molar-refractivity contribution >= 4 is 12.0 Å². The van der Waals surface area contributed by atoms with E-state index in [2.05, 4.69) is 10.3 Å². The van der Waals surface area contributed by atoms with Crippen molar-refractivity contribution in [2.75, 3.05) is 20.1 Å². The maximum Gasteiger partial charge on any atom is 0.317 e. The molecule has 0 saturated carbocycles. The van der Waals surface area contributed by atoms with E-state index < -0.39 is 5.97 Å². The Labute approximate surface area is 112 Å². The molecular weight excluding hydrogens is 246 g/mol. The molecule has 0 spiro atoms. The Morgan fingerprint density at radius 3 is 2.84 bits per heavy atom. The molecule has 0 radical (unpaired) electrons. The minimum atomic E-state index is -0.849. The van der Waals surface area contributed by atoms with E-state index >= 15 is 0 Å². The lowest BCUT2D eigenvalue weighted by Gasteiger charge is -2.17. The van der Waals surface area contributed by atoms with Gasteiger partial charge in [0, 0.05) is 44.9 Å². The first-order valence-corrected chi connectivity index (χ1v) is 6.20. The molecule has 0 aromatic carbocycles. The van der Waals surface area contributed by atoms with Gasteiger partial charge in [-0.3, -0.25) is 9.78 Å². The van der Waals surface area contributed by atoms with E-state index in [0.717, 1.165) is 5.69 Å². The number of amides is 2. The Morgan fingerprint density at radius 1 is 1.42 bits per heavy atom. The summed E-state index contributed by atoms with van der Waals surface area (Å²) in [6, 6.07) is 5.48. The average Bonchev–Trinajstić information content (AvgIpc) is 2.41. The fourth-order valence-electron chi connectivity index (χ4n) is 1.50. The van der Waals surface area contributed by atoms with E-state index in [4.69, 9.17) is 5.11 Å². The first-order chi connectivity index (χ1) is 9.09. The van der Waals surface area contributed by atoms with Crippen molar-refractivity contribution in [3.05, 3.63) is 30.1 Å². The van der Waals surface area contributed by atoms with Gasteiger partial charge in [-0.05, 0) is 18.6 Å². The fourth-order valence-corrected chi connectivity index (χ4v) is 1.50. The SMILES string of the molecule is CN(CCc1ccccn1)C(=O)NCCCC(=O)O. The summed E-state index contributed by atoms with van der Waals surface area (Å²) in [6.07, 6.45) is 2.92. The van der Waals surface area contributed by atoms with Crippen LogP contribution in [0.25, 0.3) is 0 Å². The number of hydrogen-bond acceptors (Lipinski definition) is 3. The van der Waals surface area contributed by atoms with Gasteiger partial charge in [0.2, 0.25) is 0 Å². The van der Waals surface area contributed by atoms with Crippen molar-refractivity contribution in [3.8, 4) is 0 Å². The van der Waals surface area contributed by atoms with Crippen LogP contribution in [0.4, 0.5) is 4.79 Å². The highest BCUT2D eigenvalue weighted by Gasteiger charge is 2.08. The second kappa shape index (κ2) is 8.07. The van der Waals surface area contributed by atoms with Gasteiger partial charge in [0.05, 0.1) is 0 Å². The monoisotopic (exact) mass is 265 g/mol. The van der Waals surface area contributed by atoms with Crippen LogP contribution in [0.15, 0.2) is 24.4 Å². The zero-order valence-electron chi connectivity index (χ0n) is 11.0. The third-order valence-corrected chi connectivity index (χ3v) is 2.62. The number of rotatable bonds is 7. The number of nitrogens with zero attached hydrogens (tertiary/aromatic N) is 2. The second-order valence-corrected chi connectivity index (χ2v) is 4.22. The normalized spacial score (nSPS) is 9.95. The van der Waals surface area contributed by atoms with Gasteiger partial charge in [0.15, 0.2) is 0 Å². The summed E-state index contributed by atoms with van der Waals surface area (Å²) in [4.78, 5) is 27.7. The van der Waals surface area contributed by atoms with E-state index in [1.165, 1.54) is 0 Å². The number of aromatic nitrogens is 1. The molecule has 0 fully saturated rings. The number of carboxylic acid groups (broad SMARTS) is 1. The number of carbonyl (C=O) groups excluding carboxylic acids is 1. The number of carbonyl (C=O) groups is 2. The maximum atomic E-state index is 11.7. The molecule has 0 saturated heterocycles. The summed E-state index contributed by atoms with van der Waals surface area (Å²) >= 11 is 0. The highest BCUT2D eigenvalue weighted by atomic mass is 16.4. The van der Waals surface area contributed by atoms with E-state index in [-0.39, 0.29) is 12.5 Å². The molecule has 0 unspecified atom stereocenters. The summed E-state index contributed by atoms with van der Waals surface area (Å²) in [7, 11) is 1.70. The maximum absolute atomic E-state index is 11.7. The Morgan fingerprint density at radius 2 is 2.21 bits per heavy atom. The van der Waals surface area contributed by atoms with Crippen molar-refractivity contribution in [2.24, 2.45) is 0 Å². The molecule has 0 atom stereocenters. The standard InChI is InChI=1S/C13H19N3O3/c1-16(10-7-11-5-2-3-8-14-11)13(19)15-9-4-6-12(17)18/h2-3,5,8H,4,6-7,9-10H2,1H3,(H,15,19)(H,17,18). The molecule has 104 valence electrons. The van der Waals surface area contributed by atoms with Crippen molar-refractivity contribution in [1.82, 2.24) is 15.2 Å². The molecule has 1 rings (SSSR count). The van der Waals surface area contributed by atoms with Crippen molar-refractivity contribution in [1.29, 1.82) is 0 Å². The van der Waals surface area contributed by atoms with Crippen molar-refractivity contribution in [2.45, 2.75) is 19.3 Å². The number of nitrogens with one attached hydrogen (secondary N) is 1. The molecule has 0 bridgehead atoms. The van der Waals surface area contributed by atoms with Crippen LogP contribution in [0, 0.1) is 0 Å². The van der Waals surface area contributed by atoms with E-state index in [9.17, 15) is 9.59 Å². The minimum Gasteiger partial charge on any atom is -0.481 e. The Kier molecular flexibility index (Phi) is 6.35. The zero-order chi connectivity index (χ0) is 14.1. The van der Waals surface area contributed by atoms with Gasteiger partial charge in [-0.15, -0.1) is 0 Å². The van der Waals surface area contributed by atoms with E-state index in [1.807, 2.05) is 18.2 Å². The van der Waals surface area contributed by atoms with Gasteiger partial charge in [0.25, 0.3) is 0 Å². The lowest BCUT2D eigenvalue weighted by atomic mass is 10.2. The van der Waals surface area contributed by atoms with Crippen molar-refractivity contribution in [3.63, 3.8) is 0 Å². The van der Waals surface area contributed by atoms with Crippen LogP contribution in [0.1, 0.15) is 18.5 Å². The molecule has 0 aliphatic carbocycles. The van der Waals surface area contributed by atoms with Gasteiger partial charge in [-0.1, -0.05) is 6.07 Å². The predicted octanol–water partition coefficient (Wildman–Crippen LogP) is 1.13. The fraction of sp³-hybridized carbons (Fsp3) is 0.462. The number of aliphatic carboxylic acids is 1. The Hall–Kier alpha value is -2.11. The van der Waals surface area contributed by atoms with Gasteiger partial charge in [-0.25, -0.2) is 4.79 Å². The third kappa shape index (κ3) is 6.40. The highest BCUT2D eigenvalue weighted by Crippen LogP contribution is 1.97. The molecule has 1 aromatic rings. The summed E-state index contributed by atoms with van der Waals surface area (Å²) < 4.78 is 0. The largest absolute Gasteiger partial charge is 0.481 e. The van der Waals surface area contributed by atoms with Gasteiger partial charge in [-0.2, -0.15) is 0 Å². The molecular formula is C13H19N3O3. The van der Waals surface area contributed by atoms with Crippen LogP contribution in [0.3, 0.4) is 0 Å². The summed E-state index contributed by atoms with van der Waals surface area (Å²) in [5.41, 5.74) is 0.938. The molecule has 1 heterocycles. The second-order valence-electron chi connectivity index (χ2n) is 4.22. The van der Waals surface area contributed by atoms with Gasteiger partial charge in [0.1, 0.15) is 0 Å². The molecule has 6 nitrogen and oxygen atoms in total. The zero-order valence-corrected chi connectivity index (χ0v) is 11.0. The van der Waals surface area contributed by atoms with Gasteiger partial charge >= 0.3 is 12.0 Å². The average molecular weight is 265 g/mol.